The molecular formula is C14H21NO. The first kappa shape index (κ1) is 12.9. The average Bonchev–Trinajstić information content (AvgIpc) is 2.25. The zero-order chi connectivity index (χ0) is 12.0. The van der Waals surface area contributed by atoms with Crippen LogP contribution >= 0.6 is 0 Å². The van der Waals surface area contributed by atoms with Crippen molar-refractivity contribution in [3.8, 4) is 0 Å². The molecule has 0 fully saturated rings. The van der Waals surface area contributed by atoms with Crippen LogP contribution in [0.5, 0.6) is 0 Å². The maximum atomic E-state index is 11.8. The molecular weight excluding hydrogens is 198 g/mol. The number of ketones is 1. The smallest absolute Gasteiger partial charge is 0.162 e. The minimum atomic E-state index is 0.263. The van der Waals surface area contributed by atoms with Crippen molar-refractivity contribution in [1.29, 1.82) is 0 Å². The van der Waals surface area contributed by atoms with Crippen molar-refractivity contribution in [2.45, 2.75) is 26.2 Å². The SMILES string of the molecule is Cc1ccc(C(=O)CCCCN(C)C)cc1. The lowest BCUT2D eigenvalue weighted by Crippen LogP contribution is -2.13. The number of hydrogen-bond donors (Lipinski definition) is 0. The lowest BCUT2D eigenvalue weighted by atomic mass is 10.0. The summed E-state index contributed by atoms with van der Waals surface area (Å²) in [6.07, 6.45) is 2.73. The molecule has 0 aliphatic rings. The van der Waals surface area contributed by atoms with Gasteiger partial charge in [-0.25, -0.2) is 0 Å². The molecule has 0 bridgehead atoms. The Morgan fingerprint density at radius 2 is 1.75 bits per heavy atom. The summed E-state index contributed by atoms with van der Waals surface area (Å²) in [5, 5.41) is 0. The van der Waals surface area contributed by atoms with E-state index < -0.39 is 0 Å². The van der Waals surface area contributed by atoms with Gasteiger partial charge in [0.25, 0.3) is 0 Å². The van der Waals surface area contributed by atoms with Gasteiger partial charge in [0, 0.05) is 12.0 Å². The van der Waals surface area contributed by atoms with Gasteiger partial charge >= 0.3 is 0 Å². The predicted molar refractivity (Wildman–Crippen MR) is 67.9 cm³/mol. The number of Topliss-reactive ketones (excluding diaryl/α,β-unsaturated/α-hetero) is 1. The van der Waals surface area contributed by atoms with E-state index in [-0.39, 0.29) is 5.78 Å². The highest BCUT2D eigenvalue weighted by Crippen LogP contribution is 2.08. The molecule has 0 unspecified atom stereocenters. The Morgan fingerprint density at radius 1 is 1.12 bits per heavy atom. The Balaban J connectivity index is 2.32. The molecule has 0 amide bonds. The van der Waals surface area contributed by atoms with Crippen LogP contribution in [0.2, 0.25) is 0 Å². The maximum Gasteiger partial charge on any atom is 0.162 e. The molecule has 0 atom stereocenters. The van der Waals surface area contributed by atoms with Crippen LogP contribution in [0.25, 0.3) is 0 Å². The van der Waals surface area contributed by atoms with E-state index in [9.17, 15) is 4.79 Å². The molecule has 0 spiro atoms. The third-order valence-electron chi connectivity index (χ3n) is 2.63. The van der Waals surface area contributed by atoms with Gasteiger partial charge in [-0.1, -0.05) is 29.8 Å². The fraction of sp³-hybridized carbons (Fsp3) is 0.500. The second kappa shape index (κ2) is 6.44. The minimum Gasteiger partial charge on any atom is -0.309 e. The topological polar surface area (TPSA) is 20.3 Å². The van der Waals surface area contributed by atoms with Crippen LogP contribution in [0.3, 0.4) is 0 Å². The van der Waals surface area contributed by atoms with Crippen LogP contribution in [0, 0.1) is 6.92 Å². The highest BCUT2D eigenvalue weighted by atomic mass is 16.1. The zero-order valence-corrected chi connectivity index (χ0v) is 10.5. The number of carbonyl (C=O) groups is 1. The Labute approximate surface area is 98.3 Å². The van der Waals surface area contributed by atoms with E-state index >= 15 is 0 Å². The van der Waals surface area contributed by atoms with E-state index in [1.165, 1.54) is 5.56 Å². The molecule has 0 radical (unpaired) electrons. The Hall–Kier alpha value is -1.15. The van der Waals surface area contributed by atoms with Crippen molar-refractivity contribution in [2.24, 2.45) is 0 Å². The lowest BCUT2D eigenvalue weighted by Gasteiger charge is -2.08. The number of aryl methyl sites for hydroxylation is 1. The fourth-order valence-corrected chi connectivity index (χ4v) is 1.60. The summed E-state index contributed by atoms with van der Waals surface area (Å²) in [6.45, 7) is 3.09. The first-order valence-corrected chi connectivity index (χ1v) is 5.84. The summed E-state index contributed by atoms with van der Waals surface area (Å²) < 4.78 is 0. The van der Waals surface area contributed by atoms with Crippen molar-refractivity contribution in [3.05, 3.63) is 35.4 Å². The minimum absolute atomic E-state index is 0.263. The molecule has 16 heavy (non-hydrogen) atoms. The van der Waals surface area contributed by atoms with Gasteiger partial charge in [0.05, 0.1) is 0 Å². The molecule has 1 aromatic rings. The molecule has 88 valence electrons. The first-order valence-electron chi connectivity index (χ1n) is 5.84. The molecule has 1 aromatic carbocycles. The Kier molecular flexibility index (Phi) is 5.20. The summed E-state index contributed by atoms with van der Waals surface area (Å²) in [5.74, 6) is 0.263. The van der Waals surface area contributed by atoms with Gasteiger partial charge in [-0.3, -0.25) is 4.79 Å². The molecule has 2 nitrogen and oxygen atoms in total. The molecule has 0 heterocycles. The molecule has 0 aliphatic carbocycles. The van der Waals surface area contributed by atoms with Gasteiger partial charge in [0.15, 0.2) is 5.78 Å². The van der Waals surface area contributed by atoms with Crippen molar-refractivity contribution >= 4 is 5.78 Å². The van der Waals surface area contributed by atoms with Crippen molar-refractivity contribution in [3.63, 3.8) is 0 Å². The number of carbonyl (C=O) groups excluding carboxylic acids is 1. The van der Waals surface area contributed by atoms with Gasteiger partial charge in [-0.15, -0.1) is 0 Å². The van der Waals surface area contributed by atoms with Crippen LogP contribution in [-0.2, 0) is 0 Å². The van der Waals surface area contributed by atoms with E-state index in [1.807, 2.05) is 31.2 Å². The molecule has 0 aliphatic heterocycles. The molecule has 0 aromatic heterocycles. The summed E-state index contributed by atoms with van der Waals surface area (Å²) in [6, 6.07) is 7.83. The number of nitrogens with zero attached hydrogens (tertiary/aromatic N) is 1. The number of unbranched alkanes of at least 4 members (excludes halogenated alkanes) is 1. The monoisotopic (exact) mass is 219 g/mol. The quantitative estimate of drug-likeness (QED) is 0.541. The molecule has 1 rings (SSSR count). The first-order chi connectivity index (χ1) is 7.59. The van der Waals surface area contributed by atoms with E-state index in [1.54, 1.807) is 0 Å². The highest BCUT2D eigenvalue weighted by molar-refractivity contribution is 5.96. The van der Waals surface area contributed by atoms with Crippen LogP contribution in [0.1, 0.15) is 35.2 Å². The van der Waals surface area contributed by atoms with Crippen LogP contribution < -0.4 is 0 Å². The molecule has 0 saturated heterocycles. The predicted octanol–water partition coefficient (Wildman–Crippen LogP) is 2.91. The van der Waals surface area contributed by atoms with E-state index in [0.717, 1.165) is 24.9 Å². The number of benzene rings is 1. The van der Waals surface area contributed by atoms with Crippen molar-refractivity contribution < 1.29 is 4.79 Å². The summed E-state index contributed by atoms with van der Waals surface area (Å²) >= 11 is 0. The molecule has 0 saturated carbocycles. The molecule has 0 N–H and O–H groups in total. The Morgan fingerprint density at radius 3 is 2.31 bits per heavy atom. The normalized spacial score (nSPS) is 10.8. The van der Waals surface area contributed by atoms with E-state index in [4.69, 9.17) is 0 Å². The summed E-state index contributed by atoms with van der Waals surface area (Å²) in [4.78, 5) is 13.9. The van der Waals surface area contributed by atoms with Crippen molar-refractivity contribution in [2.75, 3.05) is 20.6 Å². The van der Waals surface area contributed by atoms with Gasteiger partial charge in [0.1, 0.15) is 0 Å². The third-order valence-corrected chi connectivity index (χ3v) is 2.63. The van der Waals surface area contributed by atoms with Crippen LogP contribution in [0.15, 0.2) is 24.3 Å². The van der Waals surface area contributed by atoms with Crippen molar-refractivity contribution in [1.82, 2.24) is 4.90 Å². The second-order valence-corrected chi connectivity index (χ2v) is 4.55. The van der Waals surface area contributed by atoms with Gasteiger partial charge in [-0.05, 0) is 40.4 Å². The van der Waals surface area contributed by atoms with Crippen LogP contribution in [-0.4, -0.2) is 31.3 Å². The van der Waals surface area contributed by atoms with Gasteiger partial charge in [0.2, 0.25) is 0 Å². The molecule has 2 heteroatoms. The lowest BCUT2D eigenvalue weighted by molar-refractivity contribution is 0.0978. The second-order valence-electron chi connectivity index (χ2n) is 4.55. The third kappa shape index (κ3) is 4.58. The number of rotatable bonds is 6. The fourth-order valence-electron chi connectivity index (χ4n) is 1.60. The van der Waals surface area contributed by atoms with E-state index in [2.05, 4.69) is 19.0 Å². The van der Waals surface area contributed by atoms with Gasteiger partial charge in [-0.2, -0.15) is 0 Å². The average molecular weight is 219 g/mol. The Bertz CT molecular complexity index is 327. The summed E-state index contributed by atoms with van der Waals surface area (Å²) in [7, 11) is 4.11. The van der Waals surface area contributed by atoms with Gasteiger partial charge < -0.3 is 4.90 Å². The summed E-state index contributed by atoms with van der Waals surface area (Å²) in [5.41, 5.74) is 2.04. The standard InChI is InChI=1S/C14H21NO/c1-12-7-9-13(10-8-12)14(16)6-4-5-11-15(2)3/h7-10H,4-6,11H2,1-3H3. The maximum absolute atomic E-state index is 11.8. The van der Waals surface area contributed by atoms with Crippen LogP contribution in [0.4, 0.5) is 0 Å². The zero-order valence-electron chi connectivity index (χ0n) is 10.5. The largest absolute Gasteiger partial charge is 0.309 e. The van der Waals surface area contributed by atoms with E-state index in [0.29, 0.717) is 6.42 Å². The number of hydrogen-bond acceptors (Lipinski definition) is 2. The highest BCUT2D eigenvalue weighted by Gasteiger charge is 2.04.